The summed E-state index contributed by atoms with van der Waals surface area (Å²) in [7, 11) is 0. The van der Waals surface area contributed by atoms with Crippen LogP contribution < -0.4 is 0 Å². The number of aliphatic carboxylic acids is 1. The van der Waals surface area contributed by atoms with Crippen molar-refractivity contribution in [2.45, 2.75) is 13.3 Å². The third-order valence-corrected chi connectivity index (χ3v) is 3.06. The van der Waals surface area contributed by atoms with Gasteiger partial charge in [0.1, 0.15) is 0 Å². The zero-order valence-corrected chi connectivity index (χ0v) is 9.92. The van der Waals surface area contributed by atoms with Crippen molar-refractivity contribution in [1.29, 1.82) is 0 Å². The second-order valence-corrected chi connectivity index (χ2v) is 4.35. The molecule has 0 saturated heterocycles. The maximum atomic E-state index is 11.6. The van der Waals surface area contributed by atoms with E-state index >= 15 is 0 Å². The van der Waals surface area contributed by atoms with Gasteiger partial charge in [-0.2, -0.15) is 0 Å². The Hall–Kier alpha value is -1.29. The summed E-state index contributed by atoms with van der Waals surface area (Å²) < 4.78 is 0. The molecule has 0 radical (unpaired) electrons. The van der Waals surface area contributed by atoms with E-state index in [0.29, 0.717) is 5.56 Å². The van der Waals surface area contributed by atoms with Gasteiger partial charge in [-0.25, -0.2) is 0 Å². The van der Waals surface area contributed by atoms with Crippen molar-refractivity contribution >= 4 is 23.5 Å². The molecule has 1 aromatic carbocycles. The van der Waals surface area contributed by atoms with Crippen LogP contribution in [0.25, 0.3) is 0 Å². The van der Waals surface area contributed by atoms with Crippen LogP contribution in [0.4, 0.5) is 0 Å². The van der Waals surface area contributed by atoms with Gasteiger partial charge >= 0.3 is 5.97 Å². The lowest BCUT2D eigenvalue weighted by Crippen LogP contribution is -2.06. The van der Waals surface area contributed by atoms with Gasteiger partial charge in [0.15, 0.2) is 5.78 Å². The van der Waals surface area contributed by atoms with Gasteiger partial charge in [-0.15, -0.1) is 11.8 Å². The largest absolute Gasteiger partial charge is 0.481 e. The average Bonchev–Trinajstić information content (AvgIpc) is 2.28. The van der Waals surface area contributed by atoms with Crippen molar-refractivity contribution in [2.24, 2.45) is 0 Å². The fraction of sp³-hybridized carbons (Fsp3) is 0.333. The molecule has 0 aliphatic rings. The number of thioether (sulfide) groups is 1. The van der Waals surface area contributed by atoms with Crippen LogP contribution in [0, 0.1) is 0 Å². The van der Waals surface area contributed by atoms with Gasteiger partial charge in [0.2, 0.25) is 0 Å². The first-order valence-corrected chi connectivity index (χ1v) is 6.20. The van der Waals surface area contributed by atoms with Crippen molar-refractivity contribution in [3.63, 3.8) is 0 Å². The Labute approximate surface area is 98.9 Å². The zero-order chi connectivity index (χ0) is 12.0. The Bertz CT molecular complexity index is 370. The van der Waals surface area contributed by atoms with Crippen molar-refractivity contribution in [1.82, 2.24) is 0 Å². The molecule has 0 unspecified atom stereocenters. The Morgan fingerprint density at radius 1 is 1.19 bits per heavy atom. The van der Waals surface area contributed by atoms with Crippen LogP contribution in [0.5, 0.6) is 0 Å². The van der Waals surface area contributed by atoms with Gasteiger partial charge in [-0.05, 0) is 12.0 Å². The van der Waals surface area contributed by atoms with E-state index in [9.17, 15) is 9.59 Å². The second kappa shape index (κ2) is 6.33. The number of carboxylic acid groups (broad SMARTS) is 1. The van der Waals surface area contributed by atoms with Gasteiger partial charge in [-0.3, -0.25) is 9.59 Å². The van der Waals surface area contributed by atoms with Gasteiger partial charge in [0.05, 0.1) is 11.5 Å². The molecule has 0 saturated carbocycles. The fourth-order valence-corrected chi connectivity index (χ4v) is 1.87. The molecule has 86 valence electrons. The zero-order valence-electron chi connectivity index (χ0n) is 9.10. The molecule has 1 rings (SSSR count). The molecule has 0 spiro atoms. The van der Waals surface area contributed by atoms with Crippen LogP contribution in [-0.4, -0.2) is 28.4 Å². The van der Waals surface area contributed by atoms with Gasteiger partial charge in [-0.1, -0.05) is 31.2 Å². The molecular weight excluding hydrogens is 224 g/mol. The standard InChI is InChI=1S/C12H14O3S/c1-2-9-3-5-10(6-4-9)11(13)7-16-8-12(14)15/h3-6H,2,7-8H2,1H3,(H,14,15). The molecule has 1 N–H and O–H groups in total. The monoisotopic (exact) mass is 238 g/mol. The third kappa shape index (κ3) is 4.06. The van der Waals surface area contributed by atoms with E-state index in [0.717, 1.165) is 18.2 Å². The van der Waals surface area contributed by atoms with E-state index in [-0.39, 0.29) is 17.3 Å². The van der Waals surface area contributed by atoms with Gasteiger partial charge in [0, 0.05) is 5.56 Å². The first-order valence-electron chi connectivity index (χ1n) is 5.05. The predicted molar refractivity (Wildman–Crippen MR) is 65.1 cm³/mol. The molecule has 0 aliphatic carbocycles. The number of rotatable bonds is 6. The number of hydrogen-bond acceptors (Lipinski definition) is 3. The molecule has 1 aromatic rings. The highest BCUT2D eigenvalue weighted by atomic mass is 32.2. The summed E-state index contributed by atoms with van der Waals surface area (Å²) in [4.78, 5) is 21.9. The Morgan fingerprint density at radius 3 is 2.31 bits per heavy atom. The SMILES string of the molecule is CCc1ccc(C(=O)CSCC(=O)O)cc1. The number of carbonyl (C=O) groups excluding carboxylic acids is 1. The first-order chi connectivity index (χ1) is 7.63. The summed E-state index contributed by atoms with van der Waals surface area (Å²) in [5.41, 5.74) is 1.84. The molecule has 0 fully saturated rings. The highest BCUT2D eigenvalue weighted by Gasteiger charge is 2.06. The molecule has 0 aromatic heterocycles. The Morgan fingerprint density at radius 2 is 1.81 bits per heavy atom. The quantitative estimate of drug-likeness (QED) is 0.772. The second-order valence-electron chi connectivity index (χ2n) is 3.36. The lowest BCUT2D eigenvalue weighted by atomic mass is 10.1. The lowest BCUT2D eigenvalue weighted by Gasteiger charge is -2.01. The Kier molecular flexibility index (Phi) is 5.05. The van der Waals surface area contributed by atoms with E-state index in [1.807, 2.05) is 12.1 Å². The summed E-state index contributed by atoms with van der Waals surface area (Å²) >= 11 is 1.13. The molecular formula is C12H14O3S. The summed E-state index contributed by atoms with van der Waals surface area (Å²) in [6.07, 6.45) is 0.947. The first kappa shape index (κ1) is 12.8. The van der Waals surface area contributed by atoms with Crippen molar-refractivity contribution in [2.75, 3.05) is 11.5 Å². The molecule has 0 amide bonds. The maximum Gasteiger partial charge on any atom is 0.313 e. The van der Waals surface area contributed by atoms with Gasteiger partial charge < -0.3 is 5.11 Å². The van der Waals surface area contributed by atoms with Gasteiger partial charge in [0.25, 0.3) is 0 Å². The fourth-order valence-electron chi connectivity index (χ4n) is 1.24. The average molecular weight is 238 g/mol. The molecule has 16 heavy (non-hydrogen) atoms. The highest BCUT2D eigenvalue weighted by Crippen LogP contribution is 2.09. The van der Waals surface area contributed by atoms with E-state index in [1.54, 1.807) is 12.1 Å². The molecule has 3 nitrogen and oxygen atoms in total. The normalized spacial score (nSPS) is 10.1. The van der Waals surface area contributed by atoms with E-state index in [1.165, 1.54) is 5.56 Å². The number of hydrogen-bond donors (Lipinski definition) is 1. The van der Waals surface area contributed by atoms with Crippen LogP contribution in [0.2, 0.25) is 0 Å². The number of carboxylic acids is 1. The van der Waals surface area contributed by atoms with E-state index in [2.05, 4.69) is 6.92 Å². The number of benzene rings is 1. The van der Waals surface area contributed by atoms with Crippen LogP contribution in [-0.2, 0) is 11.2 Å². The number of carbonyl (C=O) groups is 2. The smallest absolute Gasteiger partial charge is 0.313 e. The minimum Gasteiger partial charge on any atom is -0.481 e. The highest BCUT2D eigenvalue weighted by molar-refractivity contribution is 8.00. The van der Waals surface area contributed by atoms with E-state index < -0.39 is 5.97 Å². The lowest BCUT2D eigenvalue weighted by molar-refractivity contribution is -0.133. The third-order valence-electron chi connectivity index (χ3n) is 2.14. The maximum absolute atomic E-state index is 11.6. The minimum absolute atomic E-state index is 0.0195. The van der Waals surface area contributed by atoms with Crippen LogP contribution >= 0.6 is 11.8 Å². The minimum atomic E-state index is -0.890. The van der Waals surface area contributed by atoms with Crippen LogP contribution in [0.3, 0.4) is 0 Å². The Balaban J connectivity index is 2.49. The summed E-state index contributed by atoms with van der Waals surface area (Å²) in [5, 5.41) is 8.43. The molecule has 0 atom stereocenters. The molecule has 0 heterocycles. The molecule has 0 bridgehead atoms. The van der Waals surface area contributed by atoms with Crippen LogP contribution in [0.15, 0.2) is 24.3 Å². The van der Waals surface area contributed by atoms with Crippen molar-refractivity contribution < 1.29 is 14.7 Å². The number of ketones is 1. The topological polar surface area (TPSA) is 54.4 Å². The summed E-state index contributed by atoms with van der Waals surface area (Å²) in [6.45, 7) is 2.06. The molecule has 0 aliphatic heterocycles. The molecule has 4 heteroatoms. The summed E-state index contributed by atoms with van der Waals surface area (Å²) in [5.74, 6) is -0.718. The van der Waals surface area contributed by atoms with Crippen LogP contribution in [0.1, 0.15) is 22.8 Å². The number of Topliss-reactive ketones (excluding diaryl/α,β-unsaturated/α-hetero) is 1. The van der Waals surface area contributed by atoms with Crippen molar-refractivity contribution in [3.8, 4) is 0 Å². The van der Waals surface area contributed by atoms with E-state index in [4.69, 9.17) is 5.11 Å². The number of aryl methyl sites for hydroxylation is 1. The summed E-state index contributed by atoms with van der Waals surface area (Å²) in [6, 6.07) is 7.44. The predicted octanol–water partition coefficient (Wildman–Crippen LogP) is 2.25. The van der Waals surface area contributed by atoms with Crippen molar-refractivity contribution in [3.05, 3.63) is 35.4 Å².